The minimum Gasteiger partial charge on any atom is -0.309 e. The SMILES string of the molecule is c1ccc(-n2c3ccc(-c4ccc5c(c4)c4ccccc4n5-c4ccc5c(c4)sc4ccccc45)cc3c3cc4ccccc4cc32)cc1. The summed E-state index contributed by atoms with van der Waals surface area (Å²) >= 11 is 1.87. The van der Waals surface area contributed by atoms with Gasteiger partial charge in [-0.25, -0.2) is 0 Å². The first kappa shape index (κ1) is 26.9. The molecule has 0 unspecified atom stereocenters. The van der Waals surface area contributed by atoms with E-state index in [4.69, 9.17) is 0 Å². The van der Waals surface area contributed by atoms with Crippen molar-refractivity contribution in [3.63, 3.8) is 0 Å². The quantitative estimate of drug-likeness (QED) is 0.182. The Morgan fingerprint density at radius 1 is 0.306 bits per heavy atom. The predicted molar refractivity (Wildman–Crippen MR) is 211 cm³/mol. The smallest absolute Gasteiger partial charge is 0.0547 e. The second-order valence-electron chi connectivity index (χ2n) is 13.0. The highest BCUT2D eigenvalue weighted by atomic mass is 32.1. The van der Waals surface area contributed by atoms with Gasteiger partial charge in [0.25, 0.3) is 0 Å². The zero-order valence-electron chi connectivity index (χ0n) is 26.5. The maximum Gasteiger partial charge on any atom is 0.0547 e. The zero-order valence-corrected chi connectivity index (χ0v) is 27.3. The predicted octanol–water partition coefficient (Wildman–Crippen LogP) is 13.1. The van der Waals surface area contributed by atoms with Crippen LogP contribution >= 0.6 is 11.3 Å². The summed E-state index contributed by atoms with van der Waals surface area (Å²) in [5.74, 6) is 0. The molecule has 0 radical (unpaired) electrons. The topological polar surface area (TPSA) is 9.86 Å². The normalized spacial score (nSPS) is 12.1. The van der Waals surface area contributed by atoms with Gasteiger partial charge in [-0.05, 0) is 94.7 Å². The van der Waals surface area contributed by atoms with E-state index in [-0.39, 0.29) is 0 Å². The van der Waals surface area contributed by atoms with Gasteiger partial charge in [0.15, 0.2) is 0 Å². The Kier molecular flexibility index (Phi) is 5.57. The molecule has 8 aromatic carbocycles. The Bertz CT molecular complexity index is 3100. The molecule has 11 rings (SSSR count). The van der Waals surface area contributed by atoms with Crippen LogP contribution in [-0.4, -0.2) is 9.13 Å². The molecular weight excluding hydrogens is 613 g/mol. The summed E-state index contributed by atoms with van der Waals surface area (Å²) in [6.07, 6.45) is 0. The highest BCUT2D eigenvalue weighted by molar-refractivity contribution is 7.25. The standard InChI is InChI=1S/C46H28N2S/c1-2-12-33(13-3-1)47-43-23-19-32(26-39(43)40-24-29-10-4-5-11-30(29)27-44(40)47)31-18-22-42-38(25-31)35-14-6-8-16-41(35)48(42)34-20-21-37-36-15-7-9-17-45(36)49-46(37)28-34/h1-28H. The van der Waals surface area contributed by atoms with Crippen molar-refractivity contribution in [1.29, 1.82) is 0 Å². The van der Waals surface area contributed by atoms with Crippen molar-refractivity contribution in [3.05, 3.63) is 170 Å². The van der Waals surface area contributed by atoms with Gasteiger partial charge in [-0.1, -0.05) is 97.1 Å². The lowest BCUT2D eigenvalue weighted by atomic mass is 10.00. The summed E-state index contributed by atoms with van der Waals surface area (Å²) < 4.78 is 7.49. The summed E-state index contributed by atoms with van der Waals surface area (Å²) in [6.45, 7) is 0. The fraction of sp³-hybridized carbons (Fsp3) is 0. The van der Waals surface area contributed by atoms with Gasteiger partial charge in [-0.15, -0.1) is 11.3 Å². The molecule has 0 saturated carbocycles. The molecule has 0 atom stereocenters. The van der Waals surface area contributed by atoms with Gasteiger partial charge in [0.1, 0.15) is 0 Å². The van der Waals surface area contributed by atoms with Crippen LogP contribution in [0.4, 0.5) is 0 Å². The molecule has 11 aromatic rings. The number of para-hydroxylation sites is 2. The lowest BCUT2D eigenvalue weighted by Crippen LogP contribution is -1.93. The number of fused-ring (bicyclic) bond motifs is 10. The number of rotatable bonds is 3. The number of hydrogen-bond acceptors (Lipinski definition) is 1. The van der Waals surface area contributed by atoms with Gasteiger partial charge in [0.2, 0.25) is 0 Å². The fourth-order valence-electron chi connectivity index (χ4n) is 8.02. The van der Waals surface area contributed by atoms with Crippen molar-refractivity contribution in [2.45, 2.75) is 0 Å². The summed E-state index contributed by atoms with van der Waals surface area (Å²) in [7, 11) is 0. The molecule has 0 aliphatic rings. The Balaban J connectivity index is 1.12. The highest BCUT2D eigenvalue weighted by Crippen LogP contribution is 2.41. The van der Waals surface area contributed by atoms with Gasteiger partial charge in [0.05, 0.1) is 22.1 Å². The fourth-order valence-corrected chi connectivity index (χ4v) is 9.16. The first-order chi connectivity index (χ1) is 24.3. The van der Waals surface area contributed by atoms with E-state index < -0.39 is 0 Å². The van der Waals surface area contributed by atoms with Crippen molar-refractivity contribution in [1.82, 2.24) is 9.13 Å². The van der Waals surface area contributed by atoms with E-state index in [0.717, 1.165) is 0 Å². The number of benzene rings is 8. The van der Waals surface area contributed by atoms with Gasteiger partial charge >= 0.3 is 0 Å². The number of thiophene rings is 1. The maximum absolute atomic E-state index is 2.43. The first-order valence-corrected chi connectivity index (χ1v) is 17.6. The minimum absolute atomic E-state index is 1.17. The maximum atomic E-state index is 2.43. The molecule has 0 N–H and O–H groups in total. The molecule has 0 spiro atoms. The average molecular weight is 641 g/mol. The molecule has 0 aliphatic carbocycles. The number of nitrogens with zero attached hydrogens (tertiary/aromatic N) is 2. The van der Waals surface area contributed by atoms with E-state index >= 15 is 0 Å². The van der Waals surface area contributed by atoms with E-state index in [0.29, 0.717) is 0 Å². The lowest BCUT2D eigenvalue weighted by molar-refractivity contribution is 1.18. The number of hydrogen-bond donors (Lipinski definition) is 0. The van der Waals surface area contributed by atoms with Crippen molar-refractivity contribution in [2.24, 2.45) is 0 Å². The molecule has 3 heteroatoms. The van der Waals surface area contributed by atoms with E-state index in [1.165, 1.54) is 97.1 Å². The Hall–Kier alpha value is -6.16. The van der Waals surface area contributed by atoms with Gasteiger partial charge < -0.3 is 9.13 Å². The second kappa shape index (κ2) is 10.2. The van der Waals surface area contributed by atoms with Crippen LogP contribution in [0, 0.1) is 0 Å². The summed E-state index contributed by atoms with van der Waals surface area (Å²) in [5, 5.41) is 10.2. The summed E-state index contributed by atoms with van der Waals surface area (Å²) in [6, 6.07) is 62.5. The molecule has 228 valence electrons. The molecule has 3 aromatic heterocycles. The van der Waals surface area contributed by atoms with Gasteiger partial charge in [-0.3, -0.25) is 0 Å². The number of aromatic nitrogens is 2. The Morgan fingerprint density at radius 2 is 0.878 bits per heavy atom. The van der Waals surface area contributed by atoms with Crippen molar-refractivity contribution >= 4 is 85.9 Å². The molecule has 3 heterocycles. The van der Waals surface area contributed by atoms with E-state index in [1.807, 2.05) is 11.3 Å². The minimum atomic E-state index is 1.17. The molecular formula is C46H28N2S. The molecule has 0 saturated heterocycles. The van der Waals surface area contributed by atoms with Gasteiger partial charge in [0, 0.05) is 53.1 Å². The lowest BCUT2D eigenvalue weighted by Gasteiger charge is -2.10. The molecule has 0 bridgehead atoms. The van der Waals surface area contributed by atoms with Crippen LogP contribution in [0.5, 0.6) is 0 Å². The second-order valence-corrected chi connectivity index (χ2v) is 14.1. The summed E-state index contributed by atoms with van der Waals surface area (Å²) in [5.41, 5.74) is 9.70. The average Bonchev–Trinajstić information content (AvgIpc) is 3.80. The van der Waals surface area contributed by atoms with Crippen molar-refractivity contribution in [2.75, 3.05) is 0 Å². The van der Waals surface area contributed by atoms with Crippen LogP contribution in [0.3, 0.4) is 0 Å². The van der Waals surface area contributed by atoms with Crippen molar-refractivity contribution in [3.8, 4) is 22.5 Å². The third-order valence-corrected chi connectivity index (χ3v) is 11.4. The van der Waals surface area contributed by atoms with Crippen LogP contribution in [0.2, 0.25) is 0 Å². The zero-order chi connectivity index (χ0) is 32.1. The van der Waals surface area contributed by atoms with Crippen LogP contribution < -0.4 is 0 Å². The monoisotopic (exact) mass is 640 g/mol. The molecule has 0 aliphatic heterocycles. The van der Waals surface area contributed by atoms with Crippen LogP contribution in [0.15, 0.2) is 170 Å². The van der Waals surface area contributed by atoms with E-state index in [9.17, 15) is 0 Å². The molecule has 0 fully saturated rings. The van der Waals surface area contributed by atoms with Crippen LogP contribution in [0.1, 0.15) is 0 Å². The van der Waals surface area contributed by atoms with Crippen LogP contribution in [0.25, 0.3) is 97.1 Å². The summed E-state index contributed by atoms with van der Waals surface area (Å²) in [4.78, 5) is 0. The van der Waals surface area contributed by atoms with Crippen LogP contribution in [-0.2, 0) is 0 Å². The highest BCUT2D eigenvalue weighted by Gasteiger charge is 2.17. The van der Waals surface area contributed by atoms with Gasteiger partial charge in [-0.2, -0.15) is 0 Å². The Labute approximate surface area is 286 Å². The van der Waals surface area contributed by atoms with E-state index in [2.05, 4.69) is 179 Å². The largest absolute Gasteiger partial charge is 0.309 e. The first-order valence-electron chi connectivity index (χ1n) is 16.8. The van der Waals surface area contributed by atoms with E-state index in [1.54, 1.807) is 0 Å². The third kappa shape index (κ3) is 3.94. The Morgan fingerprint density at radius 3 is 1.67 bits per heavy atom. The third-order valence-electron chi connectivity index (χ3n) is 10.3. The molecule has 2 nitrogen and oxygen atoms in total. The van der Waals surface area contributed by atoms with Crippen molar-refractivity contribution < 1.29 is 0 Å². The molecule has 0 amide bonds. The molecule has 49 heavy (non-hydrogen) atoms.